The standard InChI is InChI=1S/C14H15FN2O2S/c1-4-19-13(18)12-9(3)20-14(17-12)16-11-7-10(15)6-5-8(11)2/h5-7H,4H2,1-3H3,(H,16,17). The summed E-state index contributed by atoms with van der Waals surface area (Å²) in [5, 5.41) is 3.57. The molecule has 6 heteroatoms. The van der Waals surface area contributed by atoms with Gasteiger partial charge in [-0.25, -0.2) is 14.2 Å². The maximum atomic E-state index is 13.2. The number of rotatable bonds is 4. The van der Waals surface area contributed by atoms with E-state index in [1.54, 1.807) is 19.9 Å². The number of anilines is 2. The van der Waals surface area contributed by atoms with E-state index < -0.39 is 5.97 Å². The Hall–Kier alpha value is -1.95. The van der Waals surface area contributed by atoms with Crippen LogP contribution in [0, 0.1) is 19.7 Å². The SMILES string of the molecule is CCOC(=O)c1nc(Nc2cc(F)ccc2C)sc1C. The van der Waals surface area contributed by atoms with Crippen LogP contribution in [0.5, 0.6) is 0 Å². The number of carbonyl (C=O) groups is 1. The van der Waals surface area contributed by atoms with Crippen molar-refractivity contribution in [2.24, 2.45) is 0 Å². The maximum Gasteiger partial charge on any atom is 0.358 e. The molecule has 1 heterocycles. The van der Waals surface area contributed by atoms with Crippen molar-refractivity contribution in [3.8, 4) is 0 Å². The van der Waals surface area contributed by atoms with Crippen LogP contribution in [0.25, 0.3) is 0 Å². The Morgan fingerprint density at radius 3 is 2.90 bits per heavy atom. The zero-order valence-electron chi connectivity index (χ0n) is 11.5. The largest absolute Gasteiger partial charge is 0.461 e. The van der Waals surface area contributed by atoms with Gasteiger partial charge in [0.15, 0.2) is 10.8 Å². The summed E-state index contributed by atoms with van der Waals surface area (Å²) in [5.74, 6) is -0.762. The van der Waals surface area contributed by atoms with Crippen molar-refractivity contribution in [2.75, 3.05) is 11.9 Å². The van der Waals surface area contributed by atoms with Crippen LogP contribution < -0.4 is 5.32 Å². The van der Waals surface area contributed by atoms with E-state index in [2.05, 4.69) is 10.3 Å². The molecule has 1 aromatic carbocycles. The summed E-state index contributed by atoms with van der Waals surface area (Å²) in [6, 6.07) is 4.48. The van der Waals surface area contributed by atoms with Crippen LogP contribution in [0.15, 0.2) is 18.2 Å². The average molecular weight is 294 g/mol. The van der Waals surface area contributed by atoms with Crippen molar-refractivity contribution < 1.29 is 13.9 Å². The number of aryl methyl sites for hydroxylation is 2. The van der Waals surface area contributed by atoms with Crippen LogP contribution >= 0.6 is 11.3 Å². The second-order valence-electron chi connectivity index (χ2n) is 4.23. The second-order valence-corrected chi connectivity index (χ2v) is 5.43. The number of carbonyl (C=O) groups excluding carboxylic acids is 1. The lowest BCUT2D eigenvalue weighted by Gasteiger charge is -2.06. The molecular weight excluding hydrogens is 279 g/mol. The van der Waals surface area contributed by atoms with E-state index in [9.17, 15) is 9.18 Å². The molecule has 20 heavy (non-hydrogen) atoms. The number of nitrogens with one attached hydrogen (secondary N) is 1. The Morgan fingerprint density at radius 2 is 2.20 bits per heavy atom. The fourth-order valence-electron chi connectivity index (χ4n) is 1.68. The summed E-state index contributed by atoms with van der Waals surface area (Å²) in [4.78, 5) is 16.7. The molecule has 0 saturated carbocycles. The molecule has 1 N–H and O–H groups in total. The van der Waals surface area contributed by atoms with Crippen molar-refractivity contribution in [3.63, 3.8) is 0 Å². The molecule has 0 atom stereocenters. The Balaban J connectivity index is 2.24. The van der Waals surface area contributed by atoms with Gasteiger partial charge in [-0.15, -0.1) is 11.3 Å². The molecule has 0 bridgehead atoms. The lowest BCUT2D eigenvalue weighted by Crippen LogP contribution is -2.06. The minimum absolute atomic E-state index is 0.299. The minimum Gasteiger partial charge on any atom is -0.461 e. The van der Waals surface area contributed by atoms with E-state index in [0.717, 1.165) is 10.4 Å². The monoisotopic (exact) mass is 294 g/mol. The summed E-state index contributed by atoms with van der Waals surface area (Å²) in [7, 11) is 0. The molecule has 0 unspecified atom stereocenters. The lowest BCUT2D eigenvalue weighted by atomic mass is 10.2. The number of thiazole rings is 1. The number of halogens is 1. The van der Waals surface area contributed by atoms with Crippen LogP contribution in [-0.4, -0.2) is 17.6 Å². The van der Waals surface area contributed by atoms with Gasteiger partial charge in [0.1, 0.15) is 5.82 Å². The molecular formula is C14H15FN2O2S. The van der Waals surface area contributed by atoms with Crippen molar-refractivity contribution in [1.82, 2.24) is 4.98 Å². The Morgan fingerprint density at radius 1 is 1.45 bits per heavy atom. The van der Waals surface area contributed by atoms with Crippen molar-refractivity contribution in [1.29, 1.82) is 0 Å². The highest BCUT2D eigenvalue weighted by Gasteiger charge is 2.16. The molecule has 2 aromatic rings. The van der Waals surface area contributed by atoms with Gasteiger partial charge in [0.2, 0.25) is 0 Å². The van der Waals surface area contributed by atoms with Gasteiger partial charge in [-0.2, -0.15) is 0 Å². The van der Waals surface area contributed by atoms with E-state index in [4.69, 9.17) is 4.74 Å². The third-order valence-corrected chi connectivity index (χ3v) is 3.59. The minimum atomic E-state index is -0.440. The van der Waals surface area contributed by atoms with Crippen LogP contribution in [0.2, 0.25) is 0 Å². The van der Waals surface area contributed by atoms with Crippen molar-refractivity contribution >= 4 is 28.1 Å². The highest BCUT2D eigenvalue weighted by molar-refractivity contribution is 7.15. The van der Waals surface area contributed by atoms with Gasteiger partial charge in [-0.3, -0.25) is 0 Å². The van der Waals surface area contributed by atoms with E-state index in [1.165, 1.54) is 23.5 Å². The first-order valence-electron chi connectivity index (χ1n) is 6.19. The van der Waals surface area contributed by atoms with Crippen LogP contribution in [0.4, 0.5) is 15.2 Å². The molecule has 2 rings (SSSR count). The highest BCUT2D eigenvalue weighted by Crippen LogP contribution is 2.27. The summed E-state index contributed by atoms with van der Waals surface area (Å²) in [6.45, 7) is 5.72. The van der Waals surface area contributed by atoms with Crippen LogP contribution in [0.3, 0.4) is 0 Å². The Bertz CT molecular complexity index is 640. The van der Waals surface area contributed by atoms with Gasteiger partial charge < -0.3 is 10.1 Å². The number of aromatic nitrogens is 1. The molecule has 0 fully saturated rings. The quantitative estimate of drug-likeness (QED) is 0.871. The zero-order chi connectivity index (χ0) is 14.7. The van der Waals surface area contributed by atoms with E-state index in [-0.39, 0.29) is 5.82 Å². The van der Waals surface area contributed by atoms with E-state index in [1.807, 2.05) is 6.92 Å². The van der Waals surface area contributed by atoms with Crippen LogP contribution in [0.1, 0.15) is 27.9 Å². The number of esters is 1. The molecule has 1 aromatic heterocycles. The molecule has 106 valence electrons. The predicted molar refractivity (Wildman–Crippen MR) is 77.2 cm³/mol. The van der Waals surface area contributed by atoms with E-state index >= 15 is 0 Å². The Kier molecular flexibility index (Phi) is 4.34. The normalized spacial score (nSPS) is 10.4. The number of nitrogens with zero attached hydrogens (tertiary/aromatic N) is 1. The molecule has 0 aliphatic rings. The van der Waals surface area contributed by atoms with Gasteiger partial charge in [0.05, 0.1) is 6.61 Å². The first kappa shape index (κ1) is 14.5. The third kappa shape index (κ3) is 3.14. The third-order valence-electron chi connectivity index (χ3n) is 2.71. The van der Waals surface area contributed by atoms with Gasteiger partial charge in [0.25, 0.3) is 0 Å². The molecule has 0 amide bonds. The number of benzene rings is 1. The number of ether oxygens (including phenoxy) is 1. The predicted octanol–water partition coefficient (Wildman–Crippen LogP) is 3.82. The number of hydrogen-bond acceptors (Lipinski definition) is 5. The van der Waals surface area contributed by atoms with E-state index in [0.29, 0.717) is 23.1 Å². The maximum absolute atomic E-state index is 13.2. The average Bonchev–Trinajstić information content (AvgIpc) is 2.75. The van der Waals surface area contributed by atoms with Gasteiger partial charge in [0, 0.05) is 10.6 Å². The smallest absolute Gasteiger partial charge is 0.358 e. The molecule has 0 spiro atoms. The first-order chi connectivity index (χ1) is 9.51. The number of hydrogen-bond donors (Lipinski definition) is 1. The van der Waals surface area contributed by atoms with Crippen molar-refractivity contribution in [3.05, 3.63) is 40.2 Å². The molecule has 0 radical (unpaired) electrons. The fourth-order valence-corrected chi connectivity index (χ4v) is 2.50. The molecule has 0 saturated heterocycles. The lowest BCUT2D eigenvalue weighted by molar-refractivity contribution is 0.0519. The summed E-state index contributed by atoms with van der Waals surface area (Å²) in [5.41, 5.74) is 1.83. The summed E-state index contributed by atoms with van der Waals surface area (Å²) >= 11 is 1.33. The topological polar surface area (TPSA) is 51.2 Å². The summed E-state index contributed by atoms with van der Waals surface area (Å²) < 4.78 is 18.2. The van der Waals surface area contributed by atoms with Gasteiger partial charge in [-0.1, -0.05) is 6.07 Å². The van der Waals surface area contributed by atoms with Gasteiger partial charge in [-0.05, 0) is 38.5 Å². The summed E-state index contributed by atoms with van der Waals surface area (Å²) in [6.07, 6.45) is 0. The second kappa shape index (κ2) is 6.00. The molecule has 0 aliphatic heterocycles. The van der Waals surface area contributed by atoms with Crippen molar-refractivity contribution in [2.45, 2.75) is 20.8 Å². The molecule has 4 nitrogen and oxygen atoms in total. The molecule has 0 aliphatic carbocycles. The first-order valence-corrected chi connectivity index (χ1v) is 7.00. The zero-order valence-corrected chi connectivity index (χ0v) is 12.3. The fraction of sp³-hybridized carbons (Fsp3) is 0.286. The highest BCUT2D eigenvalue weighted by atomic mass is 32.1. The van der Waals surface area contributed by atoms with Crippen LogP contribution in [-0.2, 0) is 4.74 Å². The van der Waals surface area contributed by atoms with Gasteiger partial charge >= 0.3 is 5.97 Å². The Labute approximate surface area is 120 Å².